The van der Waals surface area contributed by atoms with Gasteiger partial charge in [0.25, 0.3) is 0 Å². The molecule has 1 aliphatic carbocycles. The Kier molecular flexibility index (Phi) is 3.61. The van der Waals surface area contributed by atoms with E-state index >= 15 is 0 Å². The quantitative estimate of drug-likeness (QED) is 0.857. The summed E-state index contributed by atoms with van der Waals surface area (Å²) in [6, 6.07) is 0.797. The summed E-state index contributed by atoms with van der Waals surface area (Å²) < 4.78 is 2.11. The summed E-state index contributed by atoms with van der Waals surface area (Å²) in [5.74, 6) is 0. The normalized spacial score (nSPS) is 20.6. The molecule has 0 radical (unpaired) electrons. The van der Waals surface area contributed by atoms with Crippen molar-refractivity contribution in [3.63, 3.8) is 0 Å². The lowest BCUT2D eigenvalue weighted by molar-refractivity contribution is 0.231. The van der Waals surface area contributed by atoms with Crippen LogP contribution in [0.25, 0.3) is 0 Å². The van der Waals surface area contributed by atoms with Crippen LogP contribution in [0.5, 0.6) is 0 Å². The molecule has 18 heavy (non-hydrogen) atoms. The highest BCUT2D eigenvalue weighted by Gasteiger charge is 2.20. The van der Waals surface area contributed by atoms with Crippen molar-refractivity contribution in [2.24, 2.45) is 0 Å². The second-order valence-electron chi connectivity index (χ2n) is 5.55. The number of rotatable bonds is 4. The molecule has 100 valence electrons. The van der Waals surface area contributed by atoms with Crippen molar-refractivity contribution in [2.45, 2.75) is 51.2 Å². The maximum absolute atomic E-state index is 4.30. The summed E-state index contributed by atoms with van der Waals surface area (Å²) in [5.41, 5.74) is 2.48. The molecule has 0 amide bonds. The summed E-state index contributed by atoms with van der Waals surface area (Å²) in [4.78, 5) is 2.50. The third-order valence-corrected chi connectivity index (χ3v) is 4.36. The van der Waals surface area contributed by atoms with E-state index in [1.807, 2.05) is 0 Å². The lowest BCUT2D eigenvalue weighted by Crippen LogP contribution is -2.33. The molecule has 0 unspecified atom stereocenters. The highest BCUT2D eigenvalue weighted by molar-refractivity contribution is 5.13. The van der Waals surface area contributed by atoms with E-state index < -0.39 is 0 Å². The van der Waals surface area contributed by atoms with Crippen LogP contribution < -0.4 is 5.32 Å². The predicted molar refractivity (Wildman–Crippen MR) is 70.3 cm³/mol. The molecule has 0 aromatic carbocycles. The number of aromatic nitrogens is 3. The molecular formula is C13H23N5. The van der Waals surface area contributed by atoms with E-state index in [-0.39, 0.29) is 0 Å². The van der Waals surface area contributed by atoms with Gasteiger partial charge in [0.2, 0.25) is 0 Å². The average molecular weight is 249 g/mol. The zero-order valence-corrected chi connectivity index (χ0v) is 11.2. The standard InChI is InChI=1S/C13H23N5/c1-17(11-4-2-3-5-11)8-9-18-13-6-7-14-10-12(13)15-16-18/h11,14H,2-10H2,1H3. The summed E-state index contributed by atoms with van der Waals surface area (Å²) in [6.45, 7) is 4.01. The lowest BCUT2D eigenvalue weighted by atomic mass is 10.2. The van der Waals surface area contributed by atoms with Crippen molar-refractivity contribution in [1.29, 1.82) is 0 Å². The number of likely N-dealkylation sites (N-methyl/N-ethyl adjacent to an activating group) is 1. The highest BCUT2D eigenvalue weighted by atomic mass is 15.4. The third kappa shape index (κ3) is 2.42. The van der Waals surface area contributed by atoms with Crippen molar-refractivity contribution >= 4 is 0 Å². The fourth-order valence-corrected chi connectivity index (χ4v) is 3.15. The third-order valence-electron chi connectivity index (χ3n) is 4.36. The lowest BCUT2D eigenvalue weighted by Gasteiger charge is -2.24. The zero-order valence-electron chi connectivity index (χ0n) is 11.2. The Hall–Kier alpha value is -0.940. The van der Waals surface area contributed by atoms with Crippen molar-refractivity contribution in [3.8, 4) is 0 Å². The van der Waals surface area contributed by atoms with Gasteiger partial charge in [-0.3, -0.25) is 0 Å². The van der Waals surface area contributed by atoms with Gasteiger partial charge in [0, 0.05) is 32.1 Å². The second kappa shape index (κ2) is 5.36. The van der Waals surface area contributed by atoms with Crippen molar-refractivity contribution in [1.82, 2.24) is 25.2 Å². The SMILES string of the molecule is CN(CCn1nnc2c1CCNC2)C1CCCC1. The fourth-order valence-electron chi connectivity index (χ4n) is 3.15. The maximum Gasteiger partial charge on any atom is 0.0997 e. The molecule has 1 saturated carbocycles. The molecule has 2 heterocycles. The summed E-state index contributed by atoms with van der Waals surface area (Å²) >= 11 is 0. The van der Waals surface area contributed by atoms with Crippen LogP contribution in [0.15, 0.2) is 0 Å². The van der Waals surface area contributed by atoms with Gasteiger partial charge in [0.05, 0.1) is 17.9 Å². The predicted octanol–water partition coefficient (Wildman–Crippen LogP) is 0.798. The van der Waals surface area contributed by atoms with E-state index in [0.717, 1.165) is 44.3 Å². The van der Waals surface area contributed by atoms with Gasteiger partial charge in [-0.2, -0.15) is 0 Å². The fraction of sp³-hybridized carbons (Fsp3) is 0.846. The minimum atomic E-state index is 0.797. The molecule has 1 fully saturated rings. The van der Waals surface area contributed by atoms with Crippen molar-refractivity contribution in [2.75, 3.05) is 20.1 Å². The van der Waals surface area contributed by atoms with E-state index in [0.29, 0.717) is 0 Å². The van der Waals surface area contributed by atoms with Gasteiger partial charge in [-0.05, 0) is 19.9 Å². The van der Waals surface area contributed by atoms with E-state index in [4.69, 9.17) is 0 Å². The van der Waals surface area contributed by atoms with Crippen LogP contribution in [-0.4, -0.2) is 46.1 Å². The Balaban J connectivity index is 1.57. The topological polar surface area (TPSA) is 46.0 Å². The summed E-state index contributed by atoms with van der Waals surface area (Å²) in [6.07, 6.45) is 6.61. The van der Waals surface area contributed by atoms with Gasteiger partial charge in [-0.25, -0.2) is 4.68 Å². The van der Waals surface area contributed by atoms with Crippen LogP contribution in [0, 0.1) is 0 Å². The van der Waals surface area contributed by atoms with Crippen LogP contribution in [0.2, 0.25) is 0 Å². The molecule has 0 spiro atoms. The van der Waals surface area contributed by atoms with Gasteiger partial charge in [0.1, 0.15) is 0 Å². The first-order valence-corrected chi connectivity index (χ1v) is 7.17. The van der Waals surface area contributed by atoms with E-state index in [1.54, 1.807) is 0 Å². The number of nitrogens with one attached hydrogen (secondary N) is 1. The first kappa shape index (κ1) is 12.1. The molecule has 1 aromatic rings. The van der Waals surface area contributed by atoms with Gasteiger partial charge in [-0.1, -0.05) is 18.1 Å². The number of hydrogen-bond donors (Lipinski definition) is 1. The van der Waals surface area contributed by atoms with Gasteiger partial charge in [-0.15, -0.1) is 5.10 Å². The van der Waals surface area contributed by atoms with Crippen molar-refractivity contribution in [3.05, 3.63) is 11.4 Å². The molecular weight excluding hydrogens is 226 g/mol. The minimum absolute atomic E-state index is 0.797. The second-order valence-corrected chi connectivity index (χ2v) is 5.55. The molecule has 2 aliphatic rings. The van der Waals surface area contributed by atoms with Crippen LogP contribution in [0.4, 0.5) is 0 Å². The van der Waals surface area contributed by atoms with Gasteiger partial charge >= 0.3 is 0 Å². The molecule has 5 heteroatoms. The van der Waals surface area contributed by atoms with E-state index in [9.17, 15) is 0 Å². The molecule has 1 N–H and O–H groups in total. The highest BCUT2D eigenvalue weighted by Crippen LogP contribution is 2.22. The zero-order chi connectivity index (χ0) is 12.4. The first-order chi connectivity index (χ1) is 8.84. The van der Waals surface area contributed by atoms with Gasteiger partial charge in [0.15, 0.2) is 0 Å². The molecule has 1 aliphatic heterocycles. The Morgan fingerprint density at radius 2 is 2.22 bits per heavy atom. The van der Waals surface area contributed by atoms with Crippen LogP contribution >= 0.6 is 0 Å². The molecule has 0 bridgehead atoms. The van der Waals surface area contributed by atoms with Crippen LogP contribution in [0.1, 0.15) is 37.1 Å². The Morgan fingerprint density at radius 3 is 3.06 bits per heavy atom. The van der Waals surface area contributed by atoms with Crippen LogP contribution in [-0.2, 0) is 19.5 Å². The average Bonchev–Trinajstić information content (AvgIpc) is 3.06. The Bertz CT molecular complexity index is 394. The minimum Gasteiger partial charge on any atom is -0.311 e. The largest absolute Gasteiger partial charge is 0.311 e. The summed E-state index contributed by atoms with van der Waals surface area (Å²) in [5, 5.41) is 11.9. The molecule has 5 nitrogen and oxygen atoms in total. The molecule has 3 rings (SSSR count). The monoisotopic (exact) mass is 249 g/mol. The smallest absolute Gasteiger partial charge is 0.0997 e. The number of fused-ring (bicyclic) bond motifs is 1. The Morgan fingerprint density at radius 1 is 1.39 bits per heavy atom. The van der Waals surface area contributed by atoms with Crippen LogP contribution in [0.3, 0.4) is 0 Å². The molecule has 1 aromatic heterocycles. The molecule has 0 saturated heterocycles. The number of hydrogen-bond acceptors (Lipinski definition) is 4. The van der Waals surface area contributed by atoms with E-state index in [1.165, 1.54) is 31.4 Å². The maximum atomic E-state index is 4.30. The first-order valence-electron chi connectivity index (χ1n) is 7.17. The summed E-state index contributed by atoms with van der Waals surface area (Å²) in [7, 11) is 2.25. The Labute approximate surface area is 109 Å². The van der Waals surface area contributed by atoms with E-state index in [2.05, 4.69) is 32.3 Å². The van der Waals surface area contributed by atoms with Gasteiger partial charge < -0.3 is 10.2 Å². The molecule has 0 atom stereocenters. The number of nitrogens with zero attached hydrogens (tertiary/aromatic N) is 4. The van der Waals surface area contributed by atoms with Crippen molar-refractivity contribution < 1.29 is 0 Å².